The van der Waals surface area contributed by atoms with Crippen LogP contribution in [-0.4, -0.2) is 65.4 Å². The zero-order valence-electron chi connectivity index (χ0n) is 14.7. The van der Waals surface area contributed by atoms with Gasteiger partial charge in [-0.25, -0.2) is 0 Å². The summed E-state index contributed by atoms with van der Waals surface area (Å²) in [6, 6.07) is 6.10. The molecule has 0 radical (unpaired) electrons. The molecular weight excluding hydrogens is 367 g/mol. The van der Waals surface area contributed by atoms with Gasteiger partial charge in [-0.1, -0.05) is 18.2 Å². The molecule has 4 N–H and O–H groups in total. The molecule has 0 saturated carbocycles. The quantitative estimate of drug-likeness (QED) is 0.627. The van der Waals surface area contributed by atoms with Crippen LogP contribution in [0.25, 0.3) is 0 Å². The zero-order valence-corrected chi connectivity index (χ0v) is 14.7. The lowest BCUT2D eigenvalue weighted by Gasteiger charge is -2.31. The summed E-state index contributed by atoms with van der Waals surface area (Å²) < 4.78 is 43.8. The topological polar surface area (TPSA) is 105 Å². The number of nitrogens with two attached hydrogens (primary N) is 1. The first-order valence-electron chi connectivity index (χ1n) is 8.33. The van der Waals surface area contributed by atoms with E-state index in [0.717, 1.165) is 0 Å². The van der Waals surface area contributed by atoms with Gasteiger partial charge >= 0.3 is 6.18 Å². The fourth-order valence-corrected chi connectivity index (χ4v) is 2.60. The SMILES string of the molecule is CC(O)(C(N)C(=O)NC1CC(=O)N(CCOc2ccccc2)C1)C(F)(F)F. The Hall–Kier alpha value is -2.33. The number of hydrogen-bond donors (Lipinski definition) is 3. The standard InChI is InChI=1S/C17H22F3N3O4/c1-16(26,17(18,19)20)14(21)15(25)22-11-9-13(24)23(10-11)7-8-27-12-5-3-2-4-6-12/h2-6,11,14,26H,7-10,21H2,1H3,(H,22,25). The Morgan fingerprint density at radius 3 is 2.63 bits per heavy atom. The average molecular weight is 389 g/mol. The number of para-hydroxylation sites is 1. The van der Waals surface area contributed by atoms with Crippen LogP contribution >= 0.6 is 0 Å². The van der Waals surface area contributed by atoms with E-state index < -0.39 is 29.8 Å². The molecule has 1 aliphatic rings. The van der Waals surface area contributed by atoms with Gasteiger partial charge in [0.15, 0.2) is 5.60 Å². The molecule has 0 aliphatic carbocycles. The number of carbonyl (C=O) groups is 2. The third-order valence-corrected chi connectivity index (χ3v) is 4.40. The van der Waals surface area contributed by atoms with Crippen molar-refractivity contribution in [3.8, 4) is 5.75 Å². The second-order valence-electron chi connectivity index (χ2n) is 6.53. The Bertz CT molecular complexity index is 667. The molecule has 2 rings (SSSR count). The molecule has 10 heteroatoms. The highest BCUT2D eigenvalue weighted by Crippen LogP contribution is 2.32. The molecule has 1 saturated heterocycles. The minimum Gasteiger partial charge on any atom is -0.492 e. The second kappa shape index (κ2) is 8.13. The Balaban J connectivity index is 1.83. The van der Waals surface area contributed by atoms with Gasteiger partial charge in [-0.05, 0) is 19.1 Å². The number of aliphatic hydroxyl groups is 1. The number of nitrogens with one attached hydrogen (secondary N) is 1. The monoisotopic (exact) mass is 389 g/mol. The highest BCUT2D eigenvalue weighted by molar-refractivity contribution is 5.85. The number of likely N-dealkylation sites (tertiary alicyclic amines) is 1. The number of rotatable bonds is 7. The van der Waals surface area contributed by atoms with Gasteiger partial charge in [0, 0.05) is 13.0 Å². The molecule has 0 spiro atoms. The Morgan fingerprint density at radius 2 is 2.04 bits per heavy atom. The fraction of sp³-hybridized carbons (Fsp3) is 0.529. The molecule has 7 nitrogen and oxygen atoms in total. The second-order valence-corrected chi connectivity index (χ2v) is 6.53. The normalized spacial score (nSPS) is 20.9. The highest BCUT2D eigenvalue weighted by Gasteiger charge is 2.56. The van der Waals surface area contributed by atoms with Crippen LogP contribution in [-0.2, 0) is 9.59 Å². The maximum Gasteiger partial charge on any atom is 0.418 e. The van der Waals surface area contributed by atoms with Crippen molar-refractivity contribution in [3.63, 3.8) is 0 Å². The van der Waals surface area contributed by atoms with Crippen LogP contribution in [0.4, 0.5) is 13.2 Å². The molecule has 3 unspecified atom stereocenters. The number of alkyl halides is 3. The molecule has 2 amide bonds. The largest absolute Gasteiger partial charge is 0.492 e. The number of carbonyl (C=O) groups excluding carboxylic acids is 2. The van der Waals surface area contributed by atoms with E-state index in [2.05, 4.69) is 5.32 Å². The Morgan fingerprint density at radius 1 is 1.41 bits per heavy atom. The van der Waals surface area contributed by atoms with Crippen molar-refractivity contribution in [1.29, 1.82) is 0 Å². The van der Waals surface area contributed by atoms with E-state index in [1.807, 2.05) is 6.07 Å². The number of nitrogens with zero attached hydrogens (tertiary/aromatic N) is 1. The Kier molecular flexibility index (Phi) is 6.32. The number of ether oxygens (including phenoxy) is 1. The van der Waals surface area contributed by atoms with Crippen LogP contribution in [0.1, 0.15) is 13.3 Å². The van der Waals surface area contributed by atoms with Crippen molar-refractivity contribution in [2.45, 2.75) is 37.2 Å². The maximum absolute atomic E-state index is 12.8. The molecule has 150 valence electrons. The lowest BCUT2D eigenvalue weighted by atomic mass is 9.95. The minimum absolute atomic E-state index is 0.0576. The molecule has 1 aromatic carbocycles. The summed E-state index contributed by atoms with van der Waals surface area (Å²) in [5.74, 6) is -0.778. The first kappa shape index (κ1) is 21.0. The molecule has 1 aliphatic heterocycles. The van der Waals surface area contributed by atoms with Crippen LogP contribution in [0, 0.1) is 0 Å². The van der Waals surface area contributed by atoms with Crippen molar-refractivity contribution in [1.82, 2.24) is 10.2 Å². The summed E-state index contributed by atoms with van der Waals surface area (Å²) >= 11 is 0. The van der Waals surface area contributed by atoms with Crippen molar-refractivity contribution < 1.29 is 32.6 Å². The molecule has 1 heterocycles. The molecule has 1 fully saturated rings. The third kappa shape index (κ3) is 5.10. The van der Waals surface area contributed by atoms with Crippen LogP contribution in [0.15, 0.2) is 30.3 Å². The summed E-state index contributed by atoms with van der Waals surface area (Å²) in [4.78, 5) is 25.4. The molecular formula is C17H22F3N3O4. The van der Waals surface area contributed by atoms with Gasteiger partial charge < -0.3 is 25.8 Å². The van der Waals surface area contributed by atoms with Crippen LogP contribution in [0.2, 0.25) is 0 Å². The van der Waals surface area contributed by atoms with E-state index in [-0.39, 0.29) is 32.0 Å². The molecule has 1 aromatic rings. The van der Waals surface area contributed by atoms with Gasteiger partial charge in [0.25, 0.3) is 0 Å². The van der Waals surface area contributed by atoms with Gasteiger partial charge in [0.05, 0.1) is 12.6 Å². The molecule has 27 heavy (non-hydrogen) atoms. The molecule has 0 aromatic heterocycles. The first-order valence-corrected chi connectivity index (χ1v) is 8.33. The van der Waals surface area contributed by atoms with Crippen LogP contribution in [0.5, 0.6) is 5.75 Å². The van der Waals surface area contributed by atoms with Crippen molar-refractivity contribution in [3.05, 3.63) is 30.3 Å². The van der Waals surface area contributed by atoms with E-state index in [9.17, 15) is 27.9 Å². The lowest BCUT2D eigenvalue weighted by molar-refractivity contribution is -0.258. The summed E-state index contributed by atoms with van der Waals surface area (Å²) in [6.07, 6.45) is -5.12. The predicted molar refractivity (Wildman–Crippen MR) is 89.7 cm³/mol. The average Bonchev–Trinajstić information content (AvgIpc) is 2.93. The number of amides is 2. The van der Waals surface area contributed by atoms with Gasteiger partial charge in [0.1, 0.15) is 18.4 Å². The molecule has 0 bridgehead atoms. The van der Waals surface area contributed by atoms with Gasteiger partial charge in [-0.15, -0.1) is 0 Å². The predicted octanol–water partition coefficient (Wildman–Crippen LogP) is 0.423. The first-order chi connectivity index (χ1) is 12.5. The number of hydrogen-bond acceptors (Lipinski definition) is 5. The zero-order chi connectivity index (χ0) is 20.2. The fourth-order valence-electron chi connectivity index (χ4n) is 2.60. The number of benzene rings is 1. The Labute approximate surface area is 154 Å². The van der Waals surface area contributed by atoms with Crippen molar-refractivity contribution in [2.24, 2.45) is 5.73 Å². The van der Waals surface area contributed by atoms with Crippen molar-refractivity contribution >= 4 is 11.8 Å². The lowest BCUT2D eigenvalue weighted by Crippen LogP contribution is -2.63. The summed E-state index contributed by atoms with van der Waals surface area (Å²) in [6.45, 7) is 1.07. The van der Waals surface area contributed by atoms with Crippen LogP contribution in [0.3, 0.4) is 0 Å². The number of halogens is 3. The van der Waals surface area contributed by atoms with E-state index in [4.69, 9.17) is 10.5 Å². The summed E-state index contributed by atoms with van der Waals surface area (Å²) in [5.41, 5.74) is 1.90. The van der Waals surface area contributed by atoms with Gasteiger partial charge in [0.2, 0.25) is 11.8 Å². The van der Waals surface area contributed by atoms with Crippen molar-refractivity contribution in [2.75, 3.05) is 19.7 Å². The van der Waals surface area contributed by atoms with E-state index >= 15 is 0 Å². The van der Waals surface area contributed by atoms with Gasteiger partial charge in [-0.2, -0.15) is 13.2 Å². The minimum atomic E-state index is -5.06. The van der Waals surface area contributed by atoms with E-state index in [1.54, 1.807) is 24.3 Å². The third-order valence-electron chi connectivity index (χ3n) is 4.40. The summed E-state index contributed by atoms with van der Waals surface area (Å²) in [5, 5.41) is 11.8. The van der Waals surface area contributed by atoms with E-state index in [1.165, 1.54) is 4.90 Å². The molecule has 3 atom stereocenters. The maximum atomic E-state index is 12.8. The smallest absolute Gasteiger partial charge is 0.418 e. The van der Waals surface area contributed by atoms with E-state index in [0.29, 0.717) is 12.7 Å². The van der Waals surface area contributed by atoms with Gasteiger partial charge in [-0.3, -0.25) is 9.59 Å². The summed E-state index contributed by atoms with van der Waals surface area (Å²) in [7, 11) is 0. The highest BCUT2D eigenvalue weighted by atomic mass is 19.4. The van der Waals surface area contributed by atoms with Crippen LogP contribution < -0.4 is 15.8 Å².